The summed E-state index contributed by atoms with van der Waals surface area (Å²) in [4.78, 5) is 15.1. The molecule has 28 heavy (non-hydrogen) atoms. The van der Waals surface area contributed by atoms with Gasteiger partial charge in [-0.05, 0) is 43.7 Å². The monoisotopic (exact) mass is 384 g/mol. The number of morpholine rings is 1. The summed E-state index contributed by atoms with van der Waals surface area (Å²) in [5, 5.41) is 3.04. The highest BCUT2D eigenvalue weighted by molar-refractivity contribution is 6.06. The number of nitrogens with one attached hydrogen (secondary N) is 1. The van der Waals surface area contributed by atoms with E-state index in [2.05, 4.69) is 17.1 Å². The predicted octanol–water partition coefficient (Wildman–Crippen LogP) is 3.96. The molecule has 1 aliphatic rings. The van der Waals surface area contributed by atoms with Gasteiger partial charge >= 0.3 is 0 Å². The van der Waals surface area contributed by atoms with Crippen LogP contribution in [0.1, 0.15) is 30.6 Å². The highest BCUT2D eigenvalue weighted by atomic mass is 16.5. The Kier molecular flexibility index (Phi) is 6.76. The van der Waals surface area contributed by atoms with E-state index < -0.39 is 0 Å². The Morgan fingerprint density at radius 1 is 1.18 bits per heavy atom. The smallest absolute Gasteiger partial charge is 0.255 e. The highest BCUT2D eigenvalue weighted by Crippen LogP contribution is 2.31. The molecule has 1 aliphatic heterocycles. The minimum Gasteiger partial charge on any atom is -0.497 e. The Morgan fingerprint density at radius 2 is 1.96 bits per heavy atom. The molecule has 6 heteroatoms. The number of ether oxygens (including phenoxy) is 3. The lowest BCUT2D eigenvalue weighted by molar-refractivity contribution is 0.102. The van der Waals surface area contributed by atoms with Gasteiger partial charge in [0.25, 0.3) is 5.91 Å². The Balaban J connectivity index is 1.82. The molecular formula is C22H28N2O4. The van der Waals surface area contributed by atoms with Gasteiger partial charge in [-0.2, -0.15) is 0 Å². The molecule has 1 amide bonds. The molecule has 6 nitrogen and oxygen atoms in total. The fourth-order valence-electron chi connectivity index (χ4n) is 3.04. The second-order valence-corrected chi connectivity index (χ2v) is 6.80. The minimum atomic E-state index is -0.183. The average molecular weight is 384 g/mol. The summed E-state index contributed by atoms with van der Waals surface area (Å²) in [6.45, 7) is 7.00. The second-order valence-electron chi connectivity index (χ2n) is 6.80. The first-order valence-electron chi connectivity index (χ1n) is 9.69. The first kappa shape index (κ1) is 20.0. The molecule has 1 heterocycles. The van der Waals surface area contributed by atoms with Crippen LogP contribution in [-0.4, -0.2) is 45.4 Å². The van der Waals surface area contributed by atoms with Gasteiger partial charge in [-0.25, -0.2) is 0 Å². The Hall–Kier alpha value is -2.73. The summed E-state index contributed by atoms with van der Waals surface area (Å²) < 4.78 is 16.6. The van der Waals surface area contributed by atoms with Gasteiger partial charge in [-0.1, -0.05) is 13.0 Å². The van der Waals surface area contributed by atoms with Gasteiger partial charge in [-0.15, -0.1) is 0 Å². The quantitative estimate of drug-likeness (QED) is 0.783. The standard InChI is InChI=1S/C22H28N2O4/c1-4-16(2)28-19-7-5-6-17(14-19)22(25)23-20-15-18(26-3)8-9-21(20)24-10-12-27-13-11-24/h5-9,14-16H,4,10-13H2,1-3H3,(H,23,25)/t16-/m1/s1. The van der Waals surface area contributed by atoms with Crippen LogP contribution in [-0.2, 0) is 4.74 Å². The summed E-state index contributed by atoms with van der Waals surface area (Å²) in [6.07, 6.45) is 1.01. The molecular weight excluding hydrogens is 356 g/mol. The number of nitrogens with zero attached hydrogens (tertiary/aromatic N) is 1. The van der Waals surface area contributed by atoms with E-state index >= 15 is 0 Å². The van der Waals surface area contributed by atoms with E-state index in [0.29, 0.717) is 30.3 Å². The first-order valence-corrected chi connectivity index (χ1v) is 9.69. The normalized spacial score (nSPS) is 15.0. The number of benzene rings is 2. The van der Waals surface area contributed by atoms with E-state index in [4.69, 9.17) is 14.2 Å². The Morgan fingerprint density at radius 3 is 2.68 bits per heavy atom. The zero-order valence-corrected chi connectivity index (χ0v) is 16.7. The number of carbonyl (C=O) groups is 1. The SMILES string of the molecule is CC[C@@H](C)Oc1cccc(C(=O)Nc2cc(OC)ccc2N2CCOCC2)c1. The maximum absolute atomic E-state index is 12.9. The molecule has 2 aromatic carbocycles. The van der Waals surface area contributed by atoms with Crippen LogP contribution in [0.15, 0.2) is 42.5 Å². The highest BCUT2D eigenvalue weighted by Gasteiger charge is 2.18. The van der Waals surface area contributed by atoms with Gasteiger partial charge in [0.2, 0.25) is 0 Å². The van der Waals surface area contributed by atoms with Crippen molar-refractivity contribution in [1.29, 1.82) is 0 Å². The molecule has 0 bridgehead atoms. The number of anilines is 2. The van der Waals surface area contributed by atoms with Crippen molar-refractivity contribution in [3.8, 4) is 11.5 Å². The molecule has 1 saturated heterocycles. The topological polar surface area (TPSA) is 60.0 Å². The molecule has 0 aromatic heterocycles. The third kappa shape index (κ3) is 4.95. The molecule has 0 aliphatic carbocycles. The van der Waals surface area contributed by atoms with E-state index in [-0.39, 0.29) is 12.0 Å². The number of rotatable bonds is 7. The van der Waals surface area contributed by atoms with Crippen LogP contribution in [0.25, 0.3) is 0 Å². The molecule has 3 rings (SSSR count). The molecule has 1 N–H and O–H groups in total. The maximum atomic E-state index is 12.9. The molecule has 2 aromatic rings. The van der Waals surface area contributed by atoms with Crippen LogP contribution in [0, 0.1) is 0 Å². The Bertz CT molecular complexity index is 803. The fraction of sp³-hybridized carbons (Fsp3) is 0.409. The van der Waals surface area contributed by atoms with Crippen LogP contribution in [0.4, 0.5) is 11.4 Å². The van der Waals surface area contributed by atoms with Gasteiger partial charge in [0.05, 0.1) is 37.8 Å². The molecule has 1 fully saturated rings. The minimum absolute atomic E-state index is 0.101. The predicted molar refractivity (Wildman–Crippen MR) is 111 cm³/mol. The summed E-state index contributed by atoms with van der Waals surface area (Å²) in [7, 11) is 1.62. The van der Waals surface area contributed by atoms with Crippen molar-refractivity contribution in [2.75, 3.05) is 43.6 Å². The summed E-state index contributed by atoms with van der Waals surface area (Å²) in [6, 6.07) is 13.0. The van der Waals surface area contributed by atoms with Crippen molar-refractivity contribution in [2.24, 2.45) is 0 Å². The summed E-state index contributed by atoms with van der Waals surface area (Å²) in [5.41, 5.74) is 2.24. The number of amides is 1. The Labute approximate surface area is 166 Å². The zero-order chi connectivity index (χ0) is 19.9. The maximum Gasteiger partial charge on any atom is 0.255 e. The first-order chi connectivity index (χ1) is 13.6. The van der Waals surface area contributed by atoms with Crippen molar-refractivity contribution in [3.63, 3.8) is 0 Å². The number of hydrogen-bond donors (Lipinski definition) is 1. The number of hydrogen-bond acceptors (Lipinski definition) is 5. The van der Waals surface area contributed by atoms with Crippen molar-refractivity contribution >= 4 is 17.3 Å². The molecule has 150 valence electrons. The third-order valence-corrected chi connectivity index (χ3v) is 4.81. The van der Waals surface area contributed by atoms with E-state index in [1.807, 2.05) is 37.3 Å². The van der Waals surface area contributed by atoms with Crippen molar-refractivity contribution in [3.05, 3.63) is 48.0 Å². The van der Waals surface area contributed by atoms with Gasteiger partial charge in [0.1, 0.15) is 11.5 Å². The lowest BCUT2D eigenvalue weighted by atomic mass is 10.1. The van der Waals surface area contributed by atoms with Crippen LogP contribution >= 0.6 is 0 Å². The van der Waals surface area contributed by atoms with Gasteiger partial charge in [-0.3, -0.25) is 4.79 Å². The third-order valence-electron chi connectivity index (χ3n) is 4.81. The zero-order valence-electron chi connectivity index (χ0n) is 16.7. The second kappa shape index (κ2) is 9.46. The van der Waals surface area contributed by atoms with Crippen LogP contribution < -0.4 is 19.7 Å². The van der Waals surface area contributed by atoms with E-state index in [9.17, 15) is 4.79 Å². The molecule has 0 radical (unpaired) electrons. The van der Waals surface area contributed by atoms with Gasteiger partial charge in [0.15, 0.2) is 0 Å². The molecule has 1 atom stereocenters. The molecule has 0 unspecified atom stereocenters. The average Bonchev–Trinajstić information content (AvgIpc) is 2.74. The van der Waals surface area contributed by atoms with E-state index in [1.165, 1.54) is 0 Å². The van der Waals surface area contributed by atoms with Crippen LogP contribution in [0.5, 0.6) is 11.5 Å². The van der Waals surface area contributed by atoms with E-state index in [1.54, 1.807) is 19.2 Å². The summed E-state index contributed by atoms with van der Waals surface area (Å²) in [5.74, 6) is 1.21. The fourth-order valence-corrected chi connectivity index (χ4v) is 3.04. The lowest BCUT2D eigenvalue weighted by Gasteiger charge is -2.30. The largest absolute Gasteiger partial charge is 0.497 e. The van der Waals surface area contributed by atoms with Crippen molar-refractivity contribution < 1.29 is 19.0 Å². The van der Waals surface area contributed by atoms with Crippen molar-refractivity contribution in [1.82, 2.24) is 0 Å². The molecule has 0 saturated carbocycles. The van der Waals surface area contributed by atoms with Crippen LogP contribution in [0.2, 0.25) is 0 Å². The van der Waals surface area contributed by atoms with Gasteiger partial charge < -0.3 is 24.4 Å². The van der Waals surface area contributed by atoms with E-state index in [0.717, 1.165) is 30.9 Å². The van der Waals surface area contributed by atoms with Gasteiger partial charge in [0, 0.05) is 24.7 Å². The number of methoxy groups -OCH3 is 1. The van der Waals surface area contributed by atoms with Crippen molar-refractivity contribution in [2.45, 2.75) is 26.4 Å². The molecule has 0 spiro atoms. The number of carbonyl (C=O) groups excluding carboxylic acids is 1. The summed E-state index contributed by atoms with van der Waals surface area (Å²) >= 11 is 0. The lowest BCUT2D eigenvalue weighted by Crippen LogP contribution is -2.36. The van der Waals surface area contributed by atoms with Crippen LogP contribution in [0.3, 0.4) is 0 Å².